The molecule has 0 spiro atoms. The number of imide groups is 1. The summed E-state index contributed by atoms with van der Waals surface area (Å²) >= 11 is 1.52. The Morgan fingerprint density at radius 3 is 2.68 bits per heavy atom. The van der Waals surface area contributed by atoms with Gasteiger partial charge in [-0.2, -0.15) is 0 Å². The molecule has 2 heterocycles. The molecule has 1 fully saturated rings. The Labute approximate surface area is 132 Å². The number of ether oxygens (including phenoxy) is 1. The summed E-state index contributed by atoms with van der Waals surface area (Å²) in [5.41, 5.74) is -0.453. The van der Waals surface area contributed by atoms with Crippen LogP contribution in [0.5, 0.6) is 5.75 Å². The number of benzene rings is 1. The van der Waals surface area contributed by atoms with E-state index in [1.165, 1.54) is 16.2 Å². The third kappa shape index (κ3) is 2.25. The molecule has 1 saturated heterocycles. The van der Waals surface area contributed by atoms with Gasteiger partial charge in [0.25, 0.3) is 5.91 Å². The number of amides is 3. The molecule has 1 aliphatic heterocycles. The molecule has 1 aromatic carbocycles. The first-order valence-corrected chi connectivity index (χ1v) is 7.74. The van der Waals surface area contributed by atoms with Crippen LogP contribution in [0.3, 0.4) is 0 Å². The third-order valence-corrected chi connectivity index (χ3v) is 4.68. The highest BCUT2D eigenvalue weighted by atomic mass is 32.1. The molecule has 2 aromatic rings. The number of hydrogen-bond acceptors (Lipinski definition) is 4. The molecule has 6 heteroatoms. The Balaban J connectivity index is 1.95. The smallest absolute Gasteiger partial charge is 0.325 e. The predicted molar refractivity (Wildman–Crippen MR) is 83.7 cm³/mol. The number of carbonyl (C=O) groups excluding carboxylic acids is 2. The Bertz CT molecular complexity index is 714. The second-order valence-corrected chi connectivity index (χ2v) is 6.26. The molecule has 3 rings (SSSR count). The van der Waals surface area contributed by atoms with Gasteiger partial charge in [0.2, 0.25) is 0 Å². The molecule has 0 unspecified atom stereocenters. The molecule has 1 aliphatic rings. The van der Waals surface area contributed by atoms with Gasteiger partial charge < -0.3 is 10.1 Å². The zero-order valence-corrected chi connectivity index (χ0v) is 13.1. The number of nitrogens with one attached hydrogen (secondary N) is 1. The lowest BCUT2D eigenvalue weighted by Gasteiger charge is -2.24. The van der Waals surface area contributed by atoms with Crippen LogP contribution in [0.1, 0.15) is 17.4 Å². The fourth-order valence-electron chi connectivity index (χ4n) is 2.64. The molecule has 1 aromatic heterocycles. The van der Waals surface area contributed by atoms with Crippen LogP contribution in [0.25, 0.3) is 0 Å². The number of rotatable bonds is 4. The van der Waals surface area contributed by atoms with Gasteiger partial charge in [-0.25, -0.2) is 4.79 Å². The van der Waals surface area contributed by atoms with Crippen LogP contribution in [0.2, 0.25) is 0 Å². The first-order chi connectivity index (χ1) is 10.6. The number of carbonyl (C=O) groups is 2. The largest absolute Gasteiger partial charge is 0.496 e. The molecule has 1 atom stereocenters. The standard InChI is InChI=1S/C16H16N2O3S/c1-16(12-7-3-4-8-13(12)21-2)14(19)18(15(20)17-16)10-11-6-5-9-22-11/h3-9H,10H2,1-2H3,(H,17,20)/t16-/m1/s1. The Morgan fingerprint density at radius 1 is 1.23 bits per heavy atom. The Morgan fingerprint density at radius 2 is 2.00 bits per heavy atom. The van der Waals surface area contributed by atoms with E-state index in [0.29, 0.717) is 11.3 Å². The number of methoxy groups -OCH3 is 1. The summed E-state index contributed by atoms with van der Waals surface area (Å²) in [6, 6.07) is 10.7. The number of nitrogens with zero attached hydrogens (tertiary/aromatic N) is 1. The van der Waals surface area contributed by atoms with Gasteiger partial charge in [0, 0.05) is 10.4 Å². The average Bonchev–Trinajstić information content (AvgIpc) is 3.11. The van der Waals surface area contributed by atoms with Crippen LogP contribution >= 0.6 is 11.3 Å². The Kier molecular flexibility index (Phi) is 3.62. The quantitative estimate of drug-likeness (QED) is 0.882. The monoisotopic (exact) mass is 316 g/mol. The second kappa shape index (κ2) is 5.46. The first kappa shape index (κ1) is 14.6. The topological polar surface area (TPSA) is 58.6 Å². The van der Waals surface area contributed by atoms with Gasteiger partial charge in [0.05, 0.1) is 13.7 Å². The zero-order valence-electron chi connectivity index (χ0n) is 12.3. The van der Waals surface area contributed by atoms with E-state index >= 15 is 0 Å². The molecular formula is C16H16N2O3S. The van der Waals surface area contributed by atoms with Gasteiger partial charge in [-0.3, -0.25) is 9.69 Å². The fourth-order valence-corrected chi connectivity index (χ4v) is 3.33. The molecule has 0 aliphatic carbocycles. The van der Waals surface area contributed by atoms with E-state index in [1.54, 1.807) is 26.2 Å². The van der Waals surface area contributed by atoms with Gasteiger partial charge in [-0.1, -0.05) is 24.3 Å². The maximum atomic E-state index is 12.8. The molecule has 0 radical (unpaired) electrons. The van der Waals surface area contributed by atoms with E-state index in [1.807, 2.05) is 29.6 Å². The van der Waals surface area contributed by atoms with Crippen molar-refractivity contribution < 1.29 is 14.3 Å². The average molecular weight is 316 g/mol. The summed E-state index contributed by atoms with van der Waals surface area (Å²) in [6.45, 7) is 1.99. The van der Waals surface area contributed by atoms with Crippen LogP contribution in [0.4, 0.5) is 4.79 Å². The van der Waals surface area contributed by atoms with Crippen LogP contribution in [-0.4, -0.2) is 23.9 Å². The van der Waals surface area contributed by atoms with Crippen LogP contribution in [0.15, 0.2) is 41.8 Å². The van der Waals surface area contributed by atoms with E-state index < -0.39 is 5.54 Å². The molecule has 22 heavy (non-hydrogen) atoms. The molecule has 0 bridgehead atoms. The summed E-state index contributed by atoms with van der Waals surface area (Å²) in [7, 11) is 1.55. The van der Waals surface area contributed by atoms with E-state index in [4.69, 9.17) is 4.74 Å². The fraction of sp³-hybridized carbons (Fsp3) is 0.250. The highest BCUT2D eigenvalue weighted by molar-refractivity contribution is 7.09. The summed E-state index contributed by atoms with van der Waals surface area (Å²) in [4.78, 5) is 27.3. The van der Waals surface area contributed by atoms with Crippen molar-refractivity contribution in [2.24, 2.45) is 0 Å². The molecule has 0 saturated carbocycles. The summed E-state index contributed by atoms with van der Waals surface area (Å²) in [5, 5.41) is 4.72. The Hall–Kier alpha value is -2.34. The number of hydrogen-bond donors (Lipinski definition) is 1. The summed E-state index contributed by atoms with van der Waals surface area (Å²) in [5.74, 6) is 0.312. The van der Waals surface area contributed by atoms with E-state index in [-0.39, 0.29) is 18.5 Å². The van der Waals surface area contributed by atoms with Crippen molar-refractivity contribution in [3.63, 3.8) is 0 Å². The SMILES string of the molecule is COc1ccccc1[C@@]1(C)NC(=O)N(Cc2cccs2)C1=O. The third-order valence-electron chi connectivity index (χ3n) is 3.81. The highest BCUT2D eigenvalue weighted by Gasteiger charge is 2.50. The van der Waals surface area contributed by atoms with Crippen molar-refractivity contribution in [3.8, 4) is 5.75 Å². The second-order valence-electron chi connectivity index (χ2n) is 5.23. The van der Waals surface area contributed by atoms with Crippen molar-refractivity contribution in [2.45, 2.75) is 19.0 Å². The lowest BCUT2D eigenvalue weighted by molar-refractivity contribution is -0.131. The zero-order chi connectivity index (χ0) is 15.7. The van der Waals surface area contributed by atoms with Crippen molar-refractivity contribution in [1.82, 2.24) is 10.2 Å². The molecule has 1 N–H and O–H groups in total. The minimum absolute atomic E-state index is 0.268. The normalized spacial score (nSPS) is 21.1. The predicted octanol–water partition coefficient (Wildman–Crippen LogP) is 2.72. The molecule has 3 amide bonds. The minimum Gasteiger partial charge on any atom is -0.496 e. The van der Waals surface area contributed by atoms with E-state index in [0.717, 1.165) is 4.88 Å². The summed E-state index contributed by atoms with van der Waals surface area (Å²) in [6.07, 6.45) is 0. The van der Waals surface area contributed by atoms with Gasteiger partial charge in [0.1, 0.15) is 11.3 Å². The lowest BCUT2D eigenvalue weighted by atomic mass is 9.91. The lowest BCUT2D eigenvalue weighted by Crippen LogP contribution is -2.41. The first-order valence-electron chi connectivity index (χ1n) is 6.86. The van der Waals surface area contributed by atoms with E-state index in [2.05, 4.69) is 5.32 Å². The number of urea groups is 1. The highest BCUT2D eigenvalue weighted by Crippen LogP contribution is 2.35. The van der Waals surface area contributed by atoms with Crippen molar-refractivity contribution in [1.29, 1.82) is 0 Å². The minimum atomic E-state index is -1.11. The van der Waals surface area contributed by atoms with Crippen LogP contribution < -0.4 is 10.1 Å². The van der Waals surface area contributed by atoms with Crippen molar-refractivity contribution >= 4 is 23.3 Å². The van der Waals surface area contributed by atoms with Gasteiger partial charge >= 0.3 is 6.03 Å². The van der Waals surface area contributed by atoms with Gasteiger partial charge in [-0.05, 0) is 24.4 Å². The van der Waals surface area contributed by atoms with Gasteiger partial charge in [0.15, 0.2) is 0 Å². The molecule has 114 valence electrons. The van der Waals surface area contributed by atoms with Crippen molar-refractivity contribution in [3.05, 3.63) is 52.2 Å². The number of para-hydroxylation sites is 1. The van der Waals surface area contributed by atoms with E-state index in [9.17, 15) is 9.59 Å². The summed E-state index contributed by atoms with van der Waals surface area (Å²) < 4.78 is 5.33. The molecule has 5 nitrogen and oxygen atoms in total. The maximum absolute atomic E-state index is 12.8. The van der Waals surface area contributed by atoms with Crippen LogP contribution in [0, 0.1) is 0 Å². The van der Waals surface area contributed by atoms with Crippen molar-refractivity contribution in [2.75, 3.05) is 7.11 Å². The van der Waals surface area contributed by atoms with Crippen LogP contribution in [-0.2, 0) is 16.9 Å². The molecular weight excluding hydrogens is 300 g/mol. The number of thiophene rings is 1. The van der Waals surface area contributed by atoms with Gasteiger partial charge in [-0.15, -0.1) is 11.3 Å². The maximum Gasteiger partial charge on any atom is 0.325 e.